The van der Waals surface area contributed by atoms with Gasteiger partial charge in [-0.15, -0.1) is 0 Å². The molecule has 0 radical (unpaired) electrons. The predicted molar refractivity (Wildman–Crippen MR) is 73.9 cm³/mol. The second-order valence-electron chi connectivity index (χ2n) is 3.92. The van der Waals surface area contributed by atoms with Crippen molar-refractivity contribution in [2.45, 2.75) is 19.9 Å². The van der Waals surface area contributed by atoms with E-state index in [1.807, 2.05) is 25.1 Å². The van der Waals surface area contributed by atoms with E-state index in [9.17, 15) is 4.79 Å². The van der Waals surface area contributed by atoms with Crippen LogP contribution in [-0.2, 0) is 11.3 Å². The standard InChI is InChI=1S/C12H15N5OS/c1-2-13-10(18)6-8-17-11(15-16-12(17)19)9-5-3-4-7-14-9/h3-5,7H,2,6,8H2,1H3,(H,13,18)(H,16,19). The Morgan fingerprint density at radius 2 is 2.37 bits per heavy atom. The Labute approximate surface area is 115 Å². The van der Waals surface area contributed by atoms with Gasteiger partial charge in [-0.05, 0) is 31.3 Å². The second kappa shape index (κ2) is 6.24. The SMILES string of the molecule is CCNC(=O)CCn1c(-c2ccccn2)n[nH]c1=S. The third-order valence-electron chi connectivity index (χ3n) is 2.59. The molecule has 0 unspecified atom stereocenters. The number of H-pyrrole nitrogens is 1. The van der Waals surface area contributed by atoms with Crippen LogP contribution in [0, 0.1) is 4.77 Å². The lowest BCUT2D eigenvalue weighted by molar-refractivity contribution is -0.121. The smallest absolute Gasteiger partial charge is 0.221 e. The van der Waals surface area contributed by atoms with Crippen molar-refractivity contribution >= 4 is 18.1 Å². The summed E-state index contributed by atoms with van der Waals surface area (Å²) in [7, 11) is 0. The van der Waals surface area contributed by atoms with Crippen molar-refractivity contribution < 1.29 is 4.79 Å². The molecule has 100 valence electrons. The van der Waals surface area contributed by atoms with E-state index in [-0.39, 0.29) is 5.91 Å². The van der Waals surface area contributed by atoms with Gasteiger partial charge in [-0.3, -0.25) is 19.4 Å². The van der Waals surface area contributed by atoms with E-state index in [0.717, 1.165) is 5.69 Å². The molecule has 0 spiro atoms. The maximum atomic E-state index is 11.5. The summed E-state index contributed by atoms with van der Waals surface area (Å²) in [5.74, 6) is 0.646. The van der Waals surface area contributed by atoms with Gasteiger partial charge >= 0.3 is 0 Å². The van der Waals surface area contributed by atoms with Crippen molar-refractivity contribution in [1.29, 1.82) is 0 Å². The summed E-state index contributed by atoms with van der Waals surface area (Å²) in [5.41, 5.74) is 0.728. The number of nitrogens with one attached hydrogen (secondary N) is 2. The van der Waals surface area contributed by atoms with Crippen LogP contribution in [0.4, 0.5) is 0 Å². The van der Waals surface area contributed by atoms with Crippen LogP contribution in [0.5, 0.6) is 0 Å². The Morgan fingerprint density at radius 1 is 1.53 bits per heavy atom. The van der Waals surface area contributed by atoms with Crippen LogP contribution >= 0.6 is 12.2 Å². The zero-order valence-corrected chi connectivity index (χ0v) is 11.4. The summed E-state index contributed by atoms with van der Waals surface area (Å²) in [6, 6.07) is 5.57. The average molecular weight is 277 g/mol. The van der Waals surface area contributed by atoms with E-state index in [4.69, 9.17) is 12.2 Å². The number of hydrogen-bond donors (Lipinski definition) is 2. The fourth-order valence-electron chi connectivity index (χ4n) is 1.71. The van der Waals surface area contributed by atoms with Crippen LogP contribution in [0.3, 0.4) is 0 Å². The molecule has 0 atom stereocenters. The number of aromatic amines is 1. The van der Waals surface area contributed by atoms with Gasteiger partial charge in [-0.25, -0.2) is 0 Å². The van der Waals surface area contributed by atoms with E-state index >= 15 is 0 Å². The van der Waals surface area contributed by atoms with E-state index in [2.05, 4.69) is 20.5 Å². The molecule has 2 N–H and O–H groups in total. The van der Waals surface area contributed by atoms with Crippen LogP contribution in [0.1, 0.15) is 13.3 Å². The minimum absolute atomic E-state index is 0.00225. The second-order valence-corrected chi connectivity index (χ2v) is 4.31. The van der Waals surface area contributed by atoms with Gasteiger partial charge in [0.25, 0.3) is 0 Å². The lowest BCUT2D eigenvalue weighted by atomic mass is 10.3. The summed E-state index contributed by atoms with van der Waals surface area (Å²) in [4.78, 5) is 15.7. The van der Waals surface area contributed by atoms with Crippen LogP contribution in [0.15, 0.2) is 24.4 Å². The van der Waals surface area contributed by atoms with Crippen molar-refractivity contribution in [3.8, 4) is 11.5 Å². The zero-order chi connectivity index (χ0) is 13.7. The average Bonchev–Trinajstić information content (AvgIpc) is 2.79. The molecule has 0 aliphatic carbocycles. The minimum Gasteiger partial charge on any atom is -0.356 e. The Kier molecular flexibility index (Phi) is 4.40. The van der Waals surface area contributed by atoms with Crippen LogP contribution < -0.4 is 5.32 Å². The third-order valence-corrected chi connectivity index (χ3v) is 2.90. The molecular weight excluding hydrogens is 262 g/mol. The largest absolute Gasteiger partial charge is 0.356 e. The molecule has 2 heterocycles. The predicted octanol–water partition coefficient (Wildman–Crippen LogP) is 1.53. The van der Waals surface area contributed by atoms with Gasteiger partial charge < -0.3 is 5.32 Å². The molecule has 6 nitrogen and oxygen atoms in total. The Morgan fingerprint density at radius 3 is 3.05 bits per heavy atom. The maximum Gasteiger partial charge on any atom is 0.221 e. The number of amides is 1. The highest BCUT2D eigenvalue weighted by molar-refractivity contribution is 7.71. The molecule has 0 aromatic carbocycles. The number of aromatic nitrogens is 4. The Bertz CT molecular complexity index is 604. The molecule has 0 saturated heterocycles. The van der Waals surface area contributed by atoms with Gasteiger partial charge in [0.2, 0.25) is 5.91 Å². The first-order valence-corrected chi connectivity index (χ1v) is 6.46. The van der Waals surface area contributed by atoms with Crippen LogP contribution in [-0.4, -0.2) is 32.2 Å². The first-order valence-electron chi connectivity index (χ1n) is 6.05. The highest BCUT2D eigenvalue weighted by atomic mass is 32.1. The quantitative estimate of drug-likeness (QED) is 0.813. The summed E-state index contributed by atoms with van der Waals surface area (Å²) >= 11 is 5.17. The van der Waals surface area contributed by atoms with Gasteiger partial charge in [-0.1, -0.05) is 6.07 Å². The normalized spacial score (nSPS) is 10.4. The van der Waals surface area contributed by atoms with Gasteiger partial charge in [0.15, 0.2) is 10.6 Å². The molecule has 2 aromatic heterocycles. The van der Waals surface area contributed by atoms with Gasteiger partial charge in [0, 0.05) is 25.7 Å². The summed E-state index contributed by atoms with van der Waals surface area (Å²) < 4.78 is 2.28. The van der Waals surface area contributed by atoms with E-state index in [1.54, 1.807) is 10.8 Å². The third kappa shape index (κ3) is 3.25. The number of rotatable bonds is 5. The lowest BCUT2D eigenvalue weighted by Crippen LogP contribution is -2.24. The minimum atomic E-state index is -0.00225. The fraction of sp³-hybridized carbons (Fsp3) is 0.333. The number of carbonyl (C=O) groups is 1. The van der Waals surface area contributed by atoms with Crippen LogP contribution in [0.2, 0.25) is 0 Å². The topological polar surface area (TPSA) is 75.6 Å². The summed E-state index contributed by atoms with van der Waals surface area (Å²) in [5, 5.41) is 9.65. The number of carbonyl (C=O) groups excluding carboxylic acids is 1. The van der Waals surface area contributed by atoms with E-state index in [0.29, 0.717) is 30.1 Å². The molecule has 0 bridgehead atoms. The Balaban J connectivity index is 2.19. The van der Waals surface area contributed by atoms with E-state index in [1.165, 1.54) is 0 Å². The number of hydrogen-bond acceptors (Lipinski definition) is 4. The summed E-state index contributed by atoms with van der Waals surface area (Å²) in [6.45, 7) is 3.00. The van der Waals surface area contributed by atoms with Crippen molar-refractivity contribution in [1.82, 2.24) is 25.1 Å². The molecule has 0 aliphatic rings. The van der Waals surface area contributed by atoms with Crippen molar-refractivity contribution in [3.63, 3.8) is 0 Å². The molecule has 2 rings (SSSR count). The first-order chi connectivity index (χ1) is 9.22. The number of nitrogens with zero attached hydrogens (tertiary/aromatic N) is 3. The fourth-order valence-corrected chi connectivity index (χ4v) is 1.94. The molecular formula is C12H15N5OS. The molecule has 0 aliphatic heterocycles. The lowest BCUT2D eigenvalue weighted by Gasteiger charge is -2.06. The Hall–Kier alpha value is -2.02. The number of pyridine rings is 1. The molecule has 0 saturated carbocycles. The highest BCUT2D eigenvalue weighted by Gasteiger charge is 2.10. The molecule has 0 fully saturated rings. The monoisotopic (exact) mass is 277 g/mol. The highest BCUT2D eigenvalue weighted by Crippen LogP contribution is 2.14. The zero-order valence-electron chi connectivity index (χ0n) is 10.6. The maximum absolute atomic E-state index is 11.5. The van der Waals surface area contributed by atoms with Crippen molar-refractivity contribution in [2.24, 2.45) is 0 Å². The van der Waals surface area contributed by atoms with Crippen LogP contribution in [0.25, 0.3) is 11.5 Å². The molecule has 2 aromatic rings. The van der Waals surface area contributed by atoms with Gasteiger partial charge in [0.05, 0.1) is 0 Å². The van der Waals surface area contributed by atoms with Crippen molar-refractivity contribution in [3.05, 3.63) is 29.2 Å². The molecule has 1 amide bonds. The summed E-state index contributed by atoms with van der Waals surface area (Å²) in [6.07, 6.45) is 2.06. The van der Waals surface area contributed by atoms with E-state index < -0.39 is 0 Å². The first kappa shape index (κ1) is 13.4. The van der Waals surface area contributed by atoms with Gasteiger partial charge in [0.1, 0.15) is 5.69 Å². The molecule has 7 heteroatoms. The van der Waals surface area contributed by atoms with Crippen molar-refractivity contribution in [2.75, 3.05) is 6.54 Å². The molecule has 19 heavy (non-hydrogen) atoms. The van der Waals surface area contributed by atoms with Gasteiger partial charge in [-0.2, -0.15) is 5.10 Å².